The van der Waals surface area contributed by atoms with Crippen LogP contribution in [0.15, 0.2) is 59.7 Å². The summed E-state index contributed by atoms with van der Waals surface area (Å²) in [4.78, 5) is 10.7. The molecule has 0 amide bonds. The van der Waals surface area contributed by atoms with Crippen LogP contribution in [0.3, 0.4) is 0 Å². The average Bonchev–Trinajstić information content (AvgIpc) is 3.05. The molecule has 3 aromatic rings. The lowest BCUT2D eigenvalue weighted by atomic mass is 9.87. The van der Waals surface area contributed by atoms with Crippen LogP contribution in [0.1, 0.15) is 31.9 Å². The third kappa shape index (κ3) is 4.72. The number of aromatic nitrogens is 3. The fraction of sp³-hybridized carbons (Fsp3) is 0.190. The molecule has 0 aliphatic rings. The molecule has 0 unspecified atom stereocenters. The normalized spacial score (nSPS) is 12.1. The van der Waals surface area contributed by atoms with E-state index in [0.717, 1.165) is 5.56 Å². The van der Waals surface area contributed by atoms with Gasteiger partial charge >= 0.3 is 0 Å². The Hall–Kier alpha value is -3.39. The molecule has 7 nitrogen and oxygen atoms in total. The number of nitro groups is 1. The third-order valence-electron chi connectivity index (χ3n) is 4.34. The summed E-state index contributed by atoms with van der Waals surface area (Å²) in [6.45, 7) is 6.48. The van der Waals surface area contributed by atoms with Crippen LogP contribution in [0.25, 0.3) is 17.5 Å². The Balaban J connectivity index is 1.86. The first-order valence-corrected chi connectivity index (χ1v) is 9.41. The van der Waals surface area contributed by atoms with Gasteiger partial charge in [-0.3, -0.25) is 10.1 Å². The summed E-state index contributed by atoms with van der Waals surface area (Å²) in [5.41, 5.74) is 2.70. The van der Waals surface area contributed by atoms with Crippen molar-refractivity contribution in [1.82, 2.24) is 14.9 Å². The van der Waals surface area contributed by atoms with Gasteiger partial charge in [0.1, 0.15) is 0 Å². The van der Waals surface area contributed by atoms with Crippen molar-refractivity contribution < 1.29 is 4.92 Å². The Morgan fingerprint density at radius 2 is 1.86 bits per heavy atom. The highest BCUT2D eigenvalue weighted by Gasteiger charge is 2.14. The molecule has 0 radical (unpaired) electrons. The number of aromatic amines is 1. The van der Waals surface area contributed by atoms with Crippen molar-refractivity contribution in [2.24, 2.45) is 5.10 Å². The minimum Gasteiger partial charge on any atom is -0.258 e. The van der Waals surface area contributed by atoms with E-state index in [4.69, 9.17) is 12.2 Å². The van der Waals surface area contributed by atoms with Crippen LogP contribution in [0.4, 0.5) is 5.69 Å². The van der Waals surface area contributed by atoms with E-state index in [2.05, 4.69) is 48.2 Å². The number of allylic oxidation sites excluding steroid dienone is 1. The Morgan fingerprint density at radius 1 is 1.17 bits per heavy atom. The Bertz CT molecular complexity index is 1130. The highest BCUT2D eigenvalue weighted by molar-refractivity contribution is 7.71. The molecule has 8 heteroatoms. The molecular weight excluding hydrogens is 386 g/mol. The number of para-hydroxylation sites is 1. The largest absolute Gasteiger partial charge is 0.276 e. The smallest absolute Gasteiger partial charge is 0.258 e. The first-order valence-electron chi connectivity index (χ1n) is 9.00. The van der Waals surface area contributed by atoms with Crippen molar-refractivity contribution in [3.05, 3.63) is 80.6 Å². The van der Waals surface area contributed by atoms with E-state index in [1.807, 2.05) is 12.1 Å². The molecule has 0 bridgehead atoms. The van der Waals surface area contributed by atoms with Gasteiger partial charge in [0, 0.05) is 17.8 Å². The summed E-state index contributed by atoms with van der Waals surface area (Å²) in [7, 11) is 0. The molecule has 2 aromatic carbocycles. The molecule has 0 atom stereocenters. The van der Waals surface area contributed by atoms with E-state index in [0.29, 0.717) is 16.2 Å². The number of hydrogen-bond acceptors (Lipinski definition) is 5. The van der Waals surface area contributed by atoms with Gasteiger partial charge in [0.15, 0.2) is 5.82 Å². The fourth-order valence-electron chi connectivity index (χ4n) is 2.75. The van der Waals surface area contributed by atoms with Crippen molar-refractivity contribution in [2.75, 3.05) is 0 Å². The first kappa shape index (κ1) is 20.3. The highest BCUT2D eigenvalue weighted by atomic mass is 32.1. The van der Waals surface area contributed by atoms with Crippen molar-refractivity contribution in [1.29, 1.82) is 0 Å². The van der Waals surface area contributed by atoms with Crippen LogP contribution < -0.4 is 0 Å². The lowest BCUT2D eigenvalue weighted by molar-refractivity contribution is -0.385. The van der Waals surface area contributed by atoms with Crippen molar-refractivity contribution in [3.8, 4) is 11.4 Å². The maximum atomic E-state index is 11.1. The second-order valence-electron chi connectivity index (χ2n) is 7.43. The van der Waals surface area contributed by atoms with E-state index in [1.54, 1.807) is 30.4 Å². The summed E-state index contributed by atoms with van der Waals surface area (Å²) in [5, 5.41) is 22.4. The van der Waals surface area contributed by atoms with Gasteiger partial charge < -0.3 is 0 Å². The summed E-state index contributed by atoms with van der Waals surface area (Å²) >= 11 is 5.27. The van der Waals surface area contributed by atoms with Crippen LogP contribution >= 0.6 is 12.2 Å². The van der Waals surface area contributed by atoms with E-state index in [-0.39, 0.29) is 11.1 Å². The van der Waals surface area contributed by atoms with Gasteiger partial charge in [-0.15, -0.1) is 0 Å². The first-order chi connectivity index (χ1) is 13.8. The fourth-order valence-corrected chi connectivity index (χ4v) is 2.93. The molecule has 1 N–H and O–H groups in total. The van der Waals surface area contributed by atoms with Crippen LogP contribution in [-0.4, -0.2) is 26.0 Å². The van der Waals surface area contributed by atoms with Crippen molar-refractivity contribution in [2.45, 2.75) is 26.2 Å². The van der Waals surface area contributed by atoms with Crippen LogP contribution in [0, 0.1) is 14.9 Å². The van der Waals surface area contributed by atoms with Gasteiger partial charge in [-0.25, -0.2) is 5.10 Å². The van der Waals surface area contributed by atoms with E-state index < -0.39 is 4.92 Å². The summed E-state index contributed by atoms with van der Waals surface area (Å²) in [6.07, 6.45) is 4.78. The topological polar surface area (TPSA) is 89.1 Å². The average molecular weight is 407 g/mol. The van der Waals surface area contributed by atoms with Crippen LogP contribution in [0.2, 0.25) is 0 Å². The molecule has 1 heterocycles. The van der Waals surface area contributed by atoms with Gasteiger partial charge in [-0.1, -0.05) is 57.2 Å². The number of benzene rings is 2. The zero-order valence-corrected chi connectivity index (χ0v) is 17.2. The van der Waals surface area contributed by atoms with Crippen LogP contribution in [0.5, 0.6) is 0 Å². The molecule has 29 heavy (non-hydrogen) atoms. The predicted octanol–water partition coefficient (Wildman–Crippen LogP) is 5.36. The molecule has 0 saturated carbocycles. The van der Waals surface area contributed by atoms with Gasteiger partial charge in [0.05, 0.1) is 10.5 Å². The van der Waals surface area contributed by atoms with E-state index in [1.165, 1.54) is 22.5 Å². The van der Waals surface area contributed by atoms with Gasteiger partial charge in [0.2, 0.25) is 4.77 Å². The van der Waals surface area contributed by atoms with Gasteiger partial charge in [-0.2, -0.15) is 14.9 Å². The Morgan fingerprint density at radius 3 is 2.52 bits per heavy atom. The number of nitrogens with zero attached hydrogens (tertiary/aromatic N) is 4. The third-order valence-corrected chi connectivity index (χ3v) is 4.60. The van der Waals surface area contributed by atoms with Gasteiger partial charge in [-0.05, 0) is 41.4 Å². The maximum absolute atomic E-state index is 11.1. The predicted molar refractivity (Wildman–Crippen MR) is 118 cm³/mol. The molecule has 0 fully saturated rings. The molecule has 0 aliphatic carbocycles. The molecule has 0 saturated heterocycles. The van der Waals surface area contributed by atoms with Crippen molar-refractivity contribution in [3.63, 3.8) is 0 Å². The zero-order valence-electron chi connectivity index (χ0n) is 16.4. The molecule has 0 aliphatic heterocycles. The number of rotatable bonds is 5. The SMILES string of the molecule is CC(C)(C)c1ccc(-c2n[nH]c(=S)n2N=CC=Cc2ccccc2[N+](=O)[O-])cc1. The van der Waals surface area contributed by atoms with Crippen LogP contribution in [-0.2, 0) is 5.41 Å². The minimum atomic E-state index is -0.414. The van der Waals surface area contributed by atoms with E-state index >= 15 is 0 Å². The highest BCUT2D eigenvalue weighted by Crippen LogP contribution is 2.25. The lowest BCUT2D eigenvalue weighted by Gasteiger charge is -2.18. The second-order valence-corrected chi connectivity index (χ2v) is 7.82. The molecule has 0 spiro atoms. The number of hydrogen-bond donors (Lipinski definition) is 1. The summed E-state index contributed by atoms with van der Waals surface area (Å²) in [5.74, 6) is 0.589. The lowest BCUT2D eigenvalue weighted by Crippen LogP contribution is -2.10. The molecular formula is C21H21N5O2S. The Kier molecular flexibility index (Phi) is 5.84. The standard InChI is InChI=1S/C21H21N5O2S/c1-21(2,3)17-12-10-16(11-13-17)19-23-24-20(29)25(19)22-14-6-8-15-7-4-5-9-18(15)26(27)28/h4-14H,1-3H3,(H,24,29). The molecule has 148 valence electrons. The second kappa shape index (κ2) is 8.32. The zero-order chi connectivity index (χ0) is 21.0. The molecule has 3 rings (SSSR count). The number of nitro benzene ring substituents is 1. The summed E-state index contributed by atoms with van der Waals surface area (Å²) < 4.78 is 1.88. The number of H-pyrrole nitrogens is 1. The maximum Gasteiger partial charge on any atom is 0.276 e. The monoisotopic (exact) mass is 407 g/mol. The quantitative estimate of drug-likeness (QED) is 0.267. The number of nitrogens with one attached hydrogen (secondary N) is 1. The summed E-state index contributed by atoms with van der Waals surface area (Å²) in [6, 6.07) is 14.6. The minimum absolute atomic E-state index is 0.0386. The molecule has 1 aromatic heterocycles. The Labute approximate surface area is 173 Å². The van der Waals surface area contributed by atoms with Gasteiger partial charge in [0.25, 0.3) is 5.69 Å². The van der Waals surface area contributed by atoms with E-state index in [9.17, 15) is 10.1 Å². The van der Waals surface area contributed by atoms with Crippen molar-refractivity contribution >= 4 is 30.2 Å².